The van der Waals surface area contributed by atoms with Crippen LogP contribution in [0.4, 0.5) is 5.69 Å². The monoisotopic (exact) mass is 432 g/mol. The number of rotatable bonds is 3. The summed E-state index contributed by atoms with van der Waals surface area (Å²) in [5.41, 5.74) is 4.38. The first-order chi connectivity index (χ1) is 14.4. The summed E-state index contributed by atoms with van der Waals surface area (Å²) in [5.74, 6) is -1.00. The first kappa shape index (κ1) is 20.0. The van der Waals surface area contributed by atoms with Crippen LogP contribution in [0.15, 0.2) is 78.4 Å². The predicted molar refractivity (Wildman–Crippen MR) is 124 cm³/mol. The van der Waals surface area contributed by atoms with Crippen LogP contribution in [0.2, 0.25) is 5.02 Å². The van der Waals surface area contributed by atoms with E-state index in [-0.39, 0.29) is 10.7 Å². The zero-order valence-corrected chi connectivity index (χ0v) is 17.6. The molecule has 1 fully saturated rings. The second-order valence-corrected chi connectivity index (χ2v) is 7.71. The molecule has 1 saturated heterocycles. The molecule has 0 aliphatic carbocycles. The molecule has 1 N–H and O–H groups in total. The van der Waals surface area contributed by atoms with Crippen LogP contribution in [0, 0.1) is 6.92 Å². The maximum atomic E-state index is 13.2. The number of nitrogens with one attached hydrogen (secondary N) is 1. The van der Waals surface area contributed by atoms with E-state index < -0.39 is 11.8 Å². The van der Waals surface area contributed by atoms with E-state index in [0.717, 1.165) is 22.3 Å². The SMILES string of the molecule is Cc1cccc(-c2ccccc2C=C2C(=O)NC(=S)N(c3ccc(Cl)cc3)C2=O)c1. The largest absolute Gasteiger partial charge is 0.298 e. The van der Waals surface area contributed by atoms with E-state index in [1.165, 1.54) is 4.90 Å². The van der Waals surface area contributed by atoms with E-state index in [9.17, 15) is 9.59 Å². The molecule has 2 amide bonds. The van der Waals surface area contributed by atoms with Gasteiger partial charge in [0.15, 0.2) is 5.11 Å². The molecule has 3 aromatic rings. The lowest BCUT2D eigenvalue weighted by molar-refractivity contribution is -0.122. The number of carbonyl (C=O) groups is 2. The quantitative estimate of drug-likeness (QED) is 0.354. The number of aryl methyl sites for hydroxylation is 1. The predicted octanol–water partition coefficient (Wildman–Crippen LogP) is 5.15. The molecule has 4 nitrogen and oxygen atoms in total. The molecule has 1 aliphatic heterocycles. The van der Waals surface area contributed by atoms with Gasteiger partial charge in [0.05, 0.1) is 5.69 Å². The Balaban J connectivity index is 1.78. The number of amides is 2. The fraction of sp³-hybridized carbons (Fsp3) is 0.0417. The molecule has 6 heteroatoms. The molecular weight excluding hydrogens is 416 g/mol. The third-order valence-corrected chi connectivity index (χ3v) is 5.31. The fourth-order valence-electron chi connectivity index (χ4n) is 3.34. The number of halogens is 1. The highest BCUT2D eigenvalue weighted by molar-refractivity contribution is 7.80. The third kappa shape index (κ3) is 3.90. The van der Waals surface area contributed by atoms with Crippen molar-refractivity contribution in [3.63, 3.8) is 0 Å². The van der Waals surface area contributed by atoms with E-state index in [0.29, 0.717) is 10.7 Å². The Morgan fingerprint density at radius 3 is 2.43 bits per heavy atom. The summed E-state index contributed by atoms with van der Waals surface area (Å²) in [4.78, 5) is 27.1. The number of anilines is 1. The Hall–Kier alpha value is -3.28. The van der Waals surface area contributed by atoms with Crippen LogP contribution in [0.1, 0.15) is 11.1 Å². The summed E-state index contributed by atoms with van der Waals surface area (Å²) < 4.78 is 0. The molecule has 1 heterocycles. The van der Waals surface area contributed by atoms with Crippen LogP contribution in [0.5, 0.6) is 0 Å². The zero-order chi connectivity index (χ0) is 21.3. The first-order valence-corrected chi connectivity index (χ1v) is 10.1. The molecule has 0 saturated carbocycles. The van der Waals surface area contributed by atoms with Crippen molar-refractivity contribution in [3.05, 3.63) is 94.5 Å². The van der Waals surface area contributed by atoms with Gasteiger partial charge in [0.2, 0.25) is 0 Å². The van der Waals surface area contributed by atoms with Crippen molar-refractivity contribution >= 4 is 52.5 Å². The smallest absolute Gasteiger partial charge is 0.270 e. The van der Waals surface area contributed by atoms with E-state index in [1.807, 2.05) is 49.4 Å². The minimum atomic E-state index is -0.519. The number of nitrogens with zero attached hydrogens (tertiary/aromatic N) is 1. The molecule has 0 bridgehead atoms. The number of hydrogen-bond donors (Lipinski definition) is 1. The van der Waals surface area contributed by atoms with Gasteiger partial charge in [0, 0.05) is 5.02 Å². The fourth-order valence-corrected chi connectivity index (χ4v) is 3.74. The van der Waals surface area contributed by atoms with E-state index in [4.69, 9.17) is 23.8 Å². The molecule has 148 valence electrons. The van der Waals surface area contributed by atoms with Crippen LogP contribution in [0.3, 0.4) is 0 Å². The first-order valence-electron chi connectivity index (χ1n) is 9.27. The van der Waals surface area contributed by atoms with E-state index in [1.54, 1.807) is 30.3 Å². The number of hydrogen-bond acceptors (Lipinski definition) is 3. The number of thiocarbonyl (C=S) groups is 1. The number of benzene rings is 3. The summed E-state index contributed by atoms with van der Waals surface area (Å²) in [6.45, 7) is 2.02. The van der Waals surface area contributed by atoms with Gasteiger partial charge >= 0.3 is 0 Å². The van der Waals surface area contributed by atoms with E-state index in [2.05, 4.69) is 11.4 Å². The summed E-state index contributed by atoms with van der Waals surface area (Å²) in [6, 6.07) is 22.4. The topological polar surface area (TPSA) is 49.4 Å². The van der Waals surface area contributed by atoms with Crippen LogP contribution in [-0.2, 0) is 9.59 Å². The molecule has 0 aromatic heterocycles. The van der Waals surface area contributed by atoms with Gasteiger partial charge in [-0.25, -0.2) is 0 Å². The van der Waals surface area contributed by atoms with E-state index >= 15 is 0 Å². The minimum absolute atomic E-state index is 0.0126. The Morgan fingerprint density at radius 2 is 1.70 bits per heavy atom. The molecule has 30 heavy (non-hydrogen) atoms. The lowest BCUT2D eigenvalue weighted by Crippen LogP contribution is -2.54. The van der Waals surface area contributed by atoms with Gasteiger partial charge in [0.1, 0.15) is 5.57 Å². The lowest BCUT2D eigenvalue weighted by Gasteiger charge is -2.29. The van der Waals surface area contributed by atoms with Crippen molar-refractivity contribution in [2.45, 2.75) is 6.92 Å². The Labute approximate surface area is 184 Å². The average molecular weight is 433 g/mol. The van der Waals surface area contributed by atoms with Crippen LogP contribution >= 0.6 is 23.8 Å². The maximum absolute atomic E-state index is 13.2. The highest BCUT2D eigenvalue weighted by Gasteiger charge is 2.34. The average Bonchev–Trinajstić information content (AvgIpc) is 2.72. The summed E-state index contributed by atoms with van der Waals surface area (Å²) in [5, 5.41) is 3.19. The van der Waals surface area contributed by atoms with Crippen LogP contribution < -0.4 is 10.2 Å². The molecule has 0 unspecified atom stereocenters. The normalized spacial score (nSPS) is 15.5. The van der Waals surface area contributed by atoms with Gasteiger partial charge in [-0.05, 0) is 66.2 Å². The third-order valence-electron chi connectivity index (χ3n) is 4.78. The van der Waals surface area contributed by atoms with Crippen molar-refractivity contribution < 1.29 is 9.59 Å². The van der Waals surface area contributed by atoms with Crippen molar-refractivity contribution in [3.8, 4) is 11.1 Å². The molecule has 0 spiro atoms. The van der Waals surface area contributed by atoms with Gasteiger partial charge < -0.3 is 0 Å². The molecule has 3 aromatic carbocycles. The highest BCUT2D eigenvalue weighted by Crippen LogP contribution is 2.28. The van der Waals surface area contributed by atoms with Crippen LogP contribution in [0.25, 0.3) is 17.2 Å². The molecule has 0 atom stereocenters. The van der Waals surface area contributed by atoms with Gasteiger partial charge in [-0.15, -0.1) is 0 Å². The Bertz CT molecular complexity index is 1200. The van der Waals surface area contributed by atoms with Gasteiger partial charge in [0.25, 0.3) is 11.8 Å². The Morgan fingerprint density at radius 1 is 0.967 bits per heavy atom. The summed E-state index contributed by atoms with van der Waals surface area (Å²) in [6.07, 6.45) is 1.61. The summed E-state index contributed by atoms with van der Waals surface area (Å²) >= 11 is 11.2. The van der Waals surface area contributed by atoms with Crippen molar-refractivity contribution in [2.24, 2.45) is 0 Å². The van der Waals surface area contributed by atoms with Gasteiger partial charge in [-0.3, -0.25) is 19.8 Å². The van der Waals surface area contributed by atoms with Crippen molar-refractivity contribution in [1.82, 2.24) is 5.32 Å². The summed E-state index contributed by atoms with van der Waals surface area (Å²) in [7, 11) is 0. The van der Waals surface area contributed by atoms with Gasteiger partial charge in [-0.1, -0.05) is 65.7 Å². The molecule has 0 radical (unpaired) electrons. The zero-order valence-electron chi connectivity index (χ0n) is 16.1. The minimum Gasteiger partial charge on any atom is -0.298 e. The lowest BCUT2D eigenvalue weighted by atomic mass is 9.96. The second kappa shape index (κ2) is 8.22. The van der Waals surface area contributed by atoms with Crippen molar-refractivity contribution in [1.29, 1.82) is 0 Å². The van der Waals surface area contributed by atoms with Gasteiger partial charge in [-0.2, -0.15) is 0 Å². The molecule has 1 aliphatic rings. The standard InChI is InChI=1S/C24H17ClN2O2S/c1-15-5-4-7-16(13-15)20-8-3-2-6-17(20)14-21-22(28)26-24(30)27(23(21)29)19-11-9-18(25)10-12-19/h2-14H,1H3,(H,26,28,30). The highest BCUT2D eigenvalue weighted by atomic mass is 35.5. The van der Waals surface area contributed by atoms with Crippen LogP contribution in [-0.4, -0.2) is 16.9 Å². The second-order valence-electron chi connectivity index (χ2n) is 6.89. The Kier molecular flexibility index (Phi) is 5.48. The molecule has 4 rings (SSSR count). The molecular formula is C24H17ClN2O2S. The number of carbonyl (C=O) groups excluding carboxylic acids is 2. The maximum Gasteiger partial charge on any atom is 0.270 e. The van der Waals surface area contributed by atoms with Crippen molar-refractivity contribution in [2.75, 3.05) is 4.90 Å².